The highest BCUT2D eigenvalue weighted by molar-refractivity contribution is 5.94. The number of nitrogens with zero attached hydrogens (tertiary/aromatic N) is 3. The van der Waals surface area contributed by atoms with Gasteiger partial charge in [0, 0.05) is 17.6 Å². The molecule has 0 spiro atoms. The molecule has 4 rings (SSSR count). The molecule has 28 heavy (non-hydrogen) atoms. The average Bonchev–Trinajstić information content (AvgIpc) is 3.06. The minimum absolute atomic E-state index is 0.0827. The summed E-state index contributed by atoms with van der Waals surface area (Å²) >= 11 is 0. The van der Waals surface area contributed by atoms with Crippen LogP contribution in [0.4, 0.5) is 0 Å². The average molecular weight is 380 g/mol. The van der Waals surface area contributed by atoms with E-state index in [2.05, 4.69) is 15.4 Å². The van der Waals surface area contributed by atoms with Crippen LogP contribution in [-0.4, -0.2) is 45.0 Å². The van der Waals surface area contributed by atoms with Gasteiger partial charge >= 0.3 is 0 Å². The number of benzene rings is 1. The van der Waals surface area contributed by atoms with E-state index in [-0.39, 0.29) is 18.1 Å². The molecule has 146 valence electrons. The molecule has 0 radical (unpaired) electrons. The van der Waals surface area contributed by atoms with Crippen molar-refractivity contribution in [2.45, 2.75) is 44.8 Å². The summed E-state index contributed by atoms with van der Waals surface area (Å²) in [5, 5.41) is 18.3. The van der Waals surface area contributed by atoms with Crippen molar-refractivity contribution >= 4 is 16.8 Å². The van der Waals surface area contributed by atoms with Crippen molar-refractivity contribution < 1.29 is 14.6 Å². The first-order chi connectivity index (χ1) is 13.6. The molecule has 2 aromatic heterocycles. The lowest BCUT2D eigenvalue weighted by atomic mass is 9.93. The molecular formula is C21H24N4O3. The molecule has 7 heteroatoms. The number of aliphatic hydroxyl groups is 1. The number of fused-ring (bicyclic) bond motifs is 1. The number of rotatable bonds is 4. The molecule has 2 heterocycles. The smallest absolute Gasteiger partial charge is 0.253 e. The van der Waals surface area contributed by atoms with E-state index in [4.69, 9.17) is 4.74 Å². The van der Waals surface area contributed by atoms with Crippen LogP contribution in [0.15, 0.2) is 36.5 Å². The maximum atomic E-state index is 12.6. The Morgan fingerprint density at radius 1 is 1.25 bits per heavy atom. The number of carbonyl (C=O) groups excluding carboxylic acids is 1. The van der Waals surface area contributed by atoms with Gasteiger partial charge in [0.25, 0.3) is 5.91 Å². The predicted molar refractivity (Wildman–Crippen MR) is 106 cm³/mol. The Kier molecular flexibility index (Phi) is 5.00. The summed E-state index contributed by atoms with van der Waals surface area (Å²) in [7, 11) is 1.56. The highest BCUT2D eigenvalue weighted by Crippen LogP contribution is 2.27. The van der Waals surface area contributed by atoms with Crippen LogP contribution in [0.5, 0.6) is 5.75 Å². The number of hydrogen-bond acceptors (Lipinski definition) is 5. The number of nitrogens with one attached hydrogen (secondary N) is 1. The number of carbonyl (C=O) groups is 1. The zero-order chi connectivity index (χ0) is 19.7. The zero-order valence-electron chi connectivity index (χ0n) is 16.1. The highest BCUT2D eigenvalue weighted by Gasteiger charge is 2.22. The van der Waals surface area contributed by atoms with Crippen molar-refractivity contribution in [3.8, 4) is 11.6 Å². The van der Waals surface area contributed by atoms with Gasteiger partial charge in [0.1, 0.15) is 0 Å². The number of pyridine rings is 1. The monoisotopic (exact) mass is 380 g/mol. The lowest BCUT2D eigenvalue weighted by Gasteiger charge is -2.26. The standard InChI is InChI=1S/C21H24N4O3/c1-13-17-5-3-4-6-18(17)25(24-13)20-19(28-2)11-14(12-22-20)21(27)23-15-7-9-16(26)10-8-15/h3-6,11-12,15-16,26H,7-10H2,1-2H3,(H,23,27). The van der Waals surface area contributed by atoms with Gasteiger partial charge in [-0.3, -0.25) is 4.79 Å². The van der Waals surface area contributed by atoms with E-state index < -0.39 is 0 Å². The molecule has 0 bridgehead atoms. The number of amides is 1. The Balaban J connectivity index is 1.62. The largest absolute Gasteiger partial charge is 0.493 e. The van der Waals surface area contributed by atoms with E-state index in [9.17, 15) is 9.90 Å². The molecule has 1 aliphatic rings. The Morgan fingerprint density at radius 3 is 2.75 bits per heavy atom. The molecule has 1 aromatic carbocycles. The maximum Gasteiger partial charge on any atom is 0.253 e. The van der Waals surface area contributed by atoms with Crippen molar-refractivity contribution in [1.29, 1.82) is 0 Å². The molecule has 1 aliphatic carbocycles. The second-order valence-electron chi connectivity index (χ2n) is 7.24. The van der Waals surface area contributed by atoms with E-state index in [0.717, 1.165) is 42.3 Å². The number of aromatic nitrogens is 3. The number of aryl methyl sites for hydroxylation is 1. The topological polar surface area (TPSA) is 89.3 Å². The van der Waals surface area contributed by atoms with Crippen LogP contribution in [0.25, 0.3) is 16.7 Å². The summed E-state index contributed by atoms with van der Waals surface area (Å²) in [6.45, 7) is 1.95. The van der Waals surface area contributed by atoms with Gasteiger partial charge in [-0.2, -0.15) is 5.10 Å². The fourth-order valence-electron chi connectivity index (χ4n) is 3.74. The van der Waals surface area contributed by atoms with E-state index in [1.807, 2.05) is 31.2 Å². The molecule has 7 nitrogen and oxygen atoms in total. The van der Waals surface area contributed by atoms with Gasteiger partial charge in [-0.15, -0.1) is 0 Å². The second kappa shape index (κ2) is 7.59. The van der Waals surface area contributed by atoms with Crippen molar-refractivity contribution in [2.75, 3.05) is 7.11 Å². The fraction of sp³-hybridized carbons (Fsp3) is 0.381. The molecule has 1 amide bonds. The SMILES string of the molecule is COc1cc(C(=O)NC2CCC(O)CC2)cnc1-n1nc(C)c2ccccc21. The summed E-state index contributed by atoms with van der Waals surface area (Å²) in [5.41, 5.74) is 2.28. The number of ether oxygens (including phenoxy) is 1. The van der Waals surface area contributed by atoms with Crippen LogP contribution in [0.3, 0.4) is 0 Å². The van der Waals surface area contributed by atoms with Crippen molar-refractivity contribution in [1.82, 2.24) is 20.1 Å². The predicted octanol–water partition coefficient (Wildman–Crippen LogP) is 2.77. The third-order valence-electron chi connectivity index (χ3n) is 5.32. The number of methoxy groups -OCH3 is 1. The van der Waals surface area contributed by atoms with E-state index in [0.29, 0.717) is 17.1 Å². The molecule has 0 aliphatic heterocycles. The minimum atomic E-state index is -0.249. The minimum Gasteiger partial charge on any atom is -0.493 e. The summed E-state index contributed by atoms with van der Waals surface area (Å²) in [6, 6.07) is 9.71. The second-order valence-corrected chi connectivity index (χ2v) is 7.24. The molecule has 0 saturated heterocycles. The van der Waals surface area contributed by atoms with Crippen LogP contribution in [-0.2, 0) is 0 Å². The number of hydrogen-bond donors (Lipinski definition) is 2. The summed E-state index contributed by atoms with van der Waals surface area (Å²) in [5.74, 6) is 0.851. The zero-order valence-corrected chi connectivity index (χ0v) is 16.1. The van der Waals surface area contributed by atoms with Crippen molar-refractivity contribution in [2.24, 2.45) is 0 Å². The lowest BCUT2D eigenvalue weighted by molar-refractivity contribution is 0.0867. The molecule has 1 saturated carbocycles. The van der Waals surface area contributed by atoms with Gasteiger partial charge in [-0.1, -0.05) is 18.2 Å². The van der Waals surface area contributed by atoms with Crippen LogP contribution in [0, 0.1) is 6.92 Å². The van der Waals surface area contributed by atoms with Crippen LogP contribution in [0.1, 0.15) is 41.7 Å². The molecule has 1 fully saturated rings. The molecule has 0 unspecified atom stereocenters. The van der Waals surface area contributed by atoms with Crippen LogP contribution >= 0.6 is 0 Å². The van der Waals surface area contributed by atoms with Gasteiger partial charge in [-0.25, -0.2) is 9.67 Å². The third-order valence-corrected chi connectivity index (χ3v) is 5.32. The summed E-state index contributed by atoms with van der Waals surface area (Å²) in [4.78, 5) is 17.1. The highest BCUT2D eigenvalue weighted by atomic mass is 16.5. The van der Waals surface area contributed by atoms with E-state index >= 15 is 0 Å². The Hall–Kier alpha value is -2.93. The third kappa shape index (κ3) is 3.45. The molecule has 3 aromatic rings. The molecule has 2 N–H and O–H groups in total. The van der Waals surface area contributed by atoms with Gasteiger partial charge in [0.05, 0.1) is 30.0 Å². The normalized spacial score (nSPS) is 19.5. The van der Waals surface area contributed by atoms with Crippen molar-refractivity contribution in [3.05, 3.63) is 47.8 Å². The Morgan fingerprint density at radius 2 is 2.00 bits per heavy atom. The van der Waals surface area contributed by atoms with Gasteiger partial charge in [-0.05, 0) is 44.7 Å². The van der Waals surface area contributed by atoms with Gasteiger partial charge in [0.2, 0.25) is 0 Å². The Bertz CT molecular complexity index is 1010. The quantitative estimate of drug-likeness (QED) is 0.726. The summed E-state index contributed by atoms with van der Waals surface area (Å²) in [6.07, 6.45) is 4.31. The maximum absolute atomic E-state index is 12.6. The number of para-hydroxylation sites is 1. The first-order valence-corrected chi connectivity index (χ1v) is 9.54. The van der Waals surface area contributed by atoms with Crippen molar-refractivity contribution in [3.63, 3.8) is 0 Å². The van der Waals surface area contributed by atoms with E-state index in [1.54, 1.807) is 24.1 Å². The molecule has 0 atom stereocenters. The van der Waals surface area contributed by atoms with Crippen LogP contribution < -0.4 is 10.1 Å². The van der Waals surface area contributed by atoms with Gasteiger partial charge < -0.3 is 15.2 Å². The van der Waals surface area contributed by atoms with Gasteiger partial charge in [0.15, 0.2) is 11.6 Å². The first-order valence-electron chi connectivity index (χ1n) is 9.54. The van der Waals surface area contributed by atoms with Crippen LogP contribution in [0.2, 0.25) is 0 Å². The van der Waals surface area contributed by atoms with E-state index in [1.165, 1.54) is 0 Å². The first kappa shape index (κ1) is 18.4. The lowest BCUT2D eigenvalue weighted by Crippen LogP contribution is -2.38. The molecular weight excluding hydrogens is 356 g/mol. The number of aliphatic hydroxyl groups excluding tert-OH is 1. The fourth-order valence-corrected chi connectivity index (χ4v) is 3.74. The Labute approximate surface area is 163 Å². The summed E-state index contributed by atoms with van der Waals surface area (Å²) < 4.78 is 7.26.